The Morgan fingerprint density at radius 2 is 1.63 bits per heavy atom. The van der Waals surface area contributed by atoms with Crippen molar-refractivity contribution in [2.75, 3.05) is 11.9 Å². The third-order valence-electron chi connectivity index (χ3n) is 3.77. The van der Waals surface area contributed by atoms with Crippen LogP contribution in [0.2, 0.25) is 0 Å². The Morgan fingerprint density at radius 3 is 2.27 bits per heavy atom. The first kappa shape index (κ1) is 23.4. The quantitative estimate of drug-likeness (QED) is 0.567. The maximum atomic E-state index is 12.2. The van der Waals surface area contributed by atoms with Gasteiger partial charge in [0.25, 0.3) is 0 Å². The molecule has 2 rings (SSSR count). The van der Waals surface area contributed by atoms with E-state index in [-0.39, 0.29) is 24.8 Å². The third-order valence-corrected chi connectivity index (χ3v) is 4.27. The Balaban J connectivity index is 1.74. The number of hydrogen-bond donors (Lipinski definition) is 3. The molecule has 30 heavy (non-hydrogen) atoms. The Morgan fingerprint density at radius 1 is 0.933 bits per heavy atom. The van der Waals surface area contributed by atoms with Crippen molar-refractivity contribution in [2.45, 2.75) is 39.3 Å². The van der Waals surface area contributed by atoms with Gasteiger partial charge in [-0.1, -0.05) is 40.2 Å². The van der Waals surface area contributed by atoms with E-state index in [0.29, 0.717) is 12.2 Å². The molecule has 0 bridgehead atoms. The number of carbonyl (C=O) groups is 3. The van der Waals surface area contributed by atoms with Gasteiger partial charge in [0.05, 0.1) is 6.42 Å². The Kier molecular flexibility index (Phi) is 8.41. The zero-order valence-electron chi connectivity index (χ0n) is 17.3. The van der Waals surface area contributed by atoms with Gasteiger partial charge >= 0.3 is 6.09 Å². The molecule has 7 nitrogen and oxygen atoms in total. The van der Waals surface area contributed by atoms with Crippen LogP contribution in [-0.2, 0) is 27.3 Å². The van der Waals surface area contributed by atoms with Crippen molar-refractivity contribution in [2.24, 2.45) is 0 Å². The van der Waals surface area contributed by atoms with Crippen LogP contribution in [0.4, 0.5) is 10.5 Å². The summed E-state index contributed by atoms with van der Waals surface area (Å²) < 4.78 is 6.00. The molecule has 2 aromatic rings. The minimum Gasteiger partial charge on any atom is -0.444 e. The number of anilines is 1. The van der Waals surface area contributed by atoms with Gasteiger partial charge in [0, 0.05) is 16.7 Å². The Bertz CT molecular complexity index is 892. The highest BCUT2D eigenvalue weighted by atomic mass is 79.9. The molecule has 0 saturated heterocycles. The van der Waals surface area contributed by atoms with Crippen LogP contribution in [-0.4, -0.2) is 30.1 Å². The van der Waals surface area contributed by atoms with Gasteiger partial charge in [-0.15, -0.1) is 0 Å². The zero-order valence-corrected chi connectivity index (χ0v) is 18.8. The second-order valence-corrected chi connectivity index (χ2v) is 8.60. The molecule has 0 atom stereocenters. The maximum absolute atomic E-state index is 12.2. The van der Waals surface area contributed by atoms with Crippen LogP contribution in [0.5, 0.6) is 0 Å². The molecule has 2 aromatic carbocycles. The summed E-state index contributed by atoms with van der Waals surface area (Å²) >= 11 is 3.39. The van der Waals surface area contributed by atoms with Crippen molar-refractivity contribution in [1.82, 2.24) is 10.6 Å². The van der Waals surface area contributed by atoms with E-state index in [0.717, 1.165) is 15.6 Å². The number of nitrogens with one attached hydrogen (secondary N) is 3. The molecule has 160 valence electrons. The van der Waals surface area contributed by atoms with Crippen molar-refractivity contribution in [3.8, 4) is 0 Å². The molecule has 0 radical (unpaired) electrons. The molecule has 3 N–H and O–H groups in total. The summed E-state index contributed by atoms with van der Waals surface area (Å²) in [6, 6.07) is 14.8. The fourth-order valence-corrected chi connectivity index (χ4v) is 2.92. The zero-order chi connectivity index (χ0) is 22.1. The highest BCUT2D eigenvalue weighted by molar-refractivity contribution is 9.10. The molecule has 8 heteroatoms. The van der Waals surface area contributed by atoms with Crippen molar-refractivity contribution in [1.29, 1.82) is 0 Å². The predicted octanol–water partition coefficient (Wildman–Crippen LogP) is 3.77. The first-order valence-electron chi connectivity index (χ1n) is 9.47. The smallest absolute Gasteiger partial charge is 0.408 e. The second-order valence-electron chi connectivity index (χ2n) is 7.68. The number of rotatable bonds is 7. The molecule has 0 aliphatic heterocycles. The van der Waals surface area contributed by atoms with E-state index in [1.54, 1.807) is 32.9 Å². The van der Waals surface area contributed by atoms with E-state index in [1.807, 2.05) is 36.4 Å². The minimum absolute atomic E-state index is 0.109. The highest BCUT2D eigenvalue weighted by Gasteiger charge is 2.16. The van der Waals surface area contributed by atoms with Crippen LogP contribution >= 0.6 is 15.9 Å². The van der Waals surface area contributed by atoms with Gasteiger partial charge in [-0.2, -0.15) is 0 Å². The molecular weight excluding hydrogens is 450 g/mol. The number of halogens is 1. The summed E-state index contributed by atoms with van der Waals surface area (Å²) in [5.41, 5.74) is 1.85. The van der Waals surface area contributed by atoms with Gasteiger partial charge in [-0.25, -0.2) is 4.79 Å². The van der Waals surface area contributed by atoms with Gasteiger partial charge < -0.3 is 20.7 Å². The SMILES string of the molecule is CC(C)(C)OC(=O)NCC(=O)NCc1ccc(NC(=O)Cc2cccc(Br)c2)cc1. The molecular formula is C22H26BrN3O4. The van der Waals surface area contributed by atoms with Crippen molar-refractivity contribution >= 4 is 39.5 Å². The number of hydrogen-bond acceptors (Lipinski definition) is 4. The van der Waals surface area contributed by atoms with Crippen LogP contribution in [0.3, 0.4) is 0 Å². The molecule has 0 unspecified atom stereocenters. The van der Waals surface area contributed by atoms with Crippen molar-refractivity contribution < 1.29 is 19.1 Å². The maximum Gasteiger partial charge on any atom is 0.408 e. The van der Waals surface area contributed by atoms with Crippen molar-refractivity contribution in [3.63, 3.8) is 0 Å². The third kappa shape index (κ3) is 9.09. The van der Waals surface area contributed by atoms with Gasteiger partial charge in [0.15, 0.2) is 0 Å². The van der Waals surface area contributed by atoms with Crippen LogP contribution in [0.25, 0.3) is 0 Å². The molecule has 0 aliphatic carbocycles. The van der Waals surface area contributed by atoms with Crippen LogP contribution in [0, 0.1) is 0 Å². The first-order chi connectivity index (χ1) is 14.1. The Labute approximate surface area is 184 Å². The van der Waals surface area contributed by atoms with Crippen LogP contribution in [0.1, 0.15) is 31.9 Å². The number of carbonyl (C=O) groups excluding carboxylic acids is 3. The molecule has 0 saturated carbocycles. The highest BCUT2D eigenvalue weighted by Crippen LogP contribution is 2.14. The monoisotopic (exact) mass is 475 g/mol. The standard InChI is InChI=1S/C22H26BrN3O4/c1-22(2,3)30-21(29)25-14-20(28)24-13-15-7-9-18(10-8-15)26-19(27)12-16-5-4-6-17(23)11-16/h4-11H,12-14H2,1-3H3,(H,24,28)(H,25,29)(H,26,27). The molecule has 0 spiro atoms. The molecule has 0 fully saturated rings. The number of benzene rings is 2. The number of amides is 3. The van der Waals surface area contributed by atoms with Gasteiger partial charge in [0.2, 0.25) is 11.8 Å². The number of alkyl carbamates (subject to hydrolysis) is 1. The first-order valence-corrected chi connectivity index (χ1v) is 10.3. The summed E-state index contributed by atoms with van der Waals surface area (Å²) in [4.78, 5) is 35.6. The van der Waals surface area contributed by atoms with Gasteiger partial charge in [-0.3, -0.25) is 9.59 Å². The van der Waals surface area contributed by atoms with E-state index >= 15 is 0 Å². The second kappa shape index (κ2) is 10.8. The lowest BCUT2D eigenvalue weighted by atomic mass is 10.1. The summed E-state index contributed by atoms with van der Waals surface area (Å²) in [6.45, 7) is 5.39. The van der Waals surface area contributed by atoms with E-state index in [9.17, 15) is 14.4 Å². The summed E-state index contributed by atoms with van der Waals surface area (Å²) in [7, 11) is 0. The molecule has 3 amide bonds. The molecule has 0 heterocycles. The van der Waals surface area contributed by atoms with E-state index in [1.165, 1.54) is 0 Å². The normalized spacial score (nSPS) is 10.8. The lowest BCUT2D eigenvalue weighted by molar-refractivity contribution is -0.120. The summed E-state index contributed by atoms with van der Waals surface area (Å²) in [5.74, 6) is -0.436. The summed E-state index contributed by atoms with van der Waals surface area (Å²) in [6.07, 6.45) is -0.359. The Hall–Kier alpha value is -2.87. The fraction of sp³-hybridized carbons (Fsp3) is 0.318. The fourth-order valence-electron chi connectivity index (χ4n) is 2.47. The number of ether oxygens (including phenoxy) is 1. The van der Waals surface area contributed by atoms with Crippen LogP contribution < -0.4 is 16.0 Å². The van der Waals surface area contributed by atoms with E-state index in [2.05, 4.69) is 31.9 Å². The van der Waals surface area contributed by atoms with Gasteiger partial charge in [-0.05, 0) is 56.2 Å². The summed E-state index contributed by atoms with van der Waals surface area (Å²) in [5, 5.41) is 7.97. The van der Waals surface area contributed by atoms with Crippen molar-refractivity contribution in [3.05, 3.63) is 64.1 Å². The lowest BCUT2D eigenvalue weighted by Gasteiger charge is -2.19. The topological polar surface area (TPSA) is 96.5 Å². The van der Waals surface area contributed by atoms with E-state index < -0.39 is 11.7 Å². The largest absolute Gasteiger partial charge is 0.444 e. The van der Waals surface area contributed by atoms with E-state index in [4.69, 9.17) is 4.74 Å². The minimum atomic E-state index is -0.638. The molecule has 0 aromatic heterocycles. The average Bonchev–Trinajstić information content (AvgIpc) is 2.64. The lowest BCUT2D eigenvalue weighted by Crippen LogP contribution is -2.39. The van der Waals surface area contributed by atoms with Gasteiger partial charge in [0.1, 0.15) is 12.1 Å². The van der Waals surface area contributed by atoms with Crippen LogP contribution in [0.15, 0.2) is 53.0 Å². The predicted molar refractivity (Wildman–Crippen MR) is 119 cm³/mol. The average molecular weight is 476 g/mol. The molecule has 0 aliphatic rings.